The summed E-state index contributed by atoms with van der Waals surface area (Å²) in [5.41, 5.74) is 0. The molecule has 0 bridgehead atoms. The second-order valence-electron chi connectivity index (χ2n) is 18.7. The van der Waals surface area contributed by atoms with Crippen LogP contribution in [0.1, 0.15) is 0 Å². The topological polar surface area (TPSA) is 805 Å². The van der Waals surface area contributed by atoms with E-state index in [4.69, 9.17) is 51.9 Å². The standard InChI is InChI=1S/C31H53N3O49S8/c1-69-27-9(33-85(48,49)50)13(37)17(6(74-27)3-71-88(57,58)59)76-30-22(83-91(66,67)68)16(40)20(24(81-30)26(43)44)79-29-10(34-86(51,52)53)14(38)18(7(75-29)4-72-89(60,61)62)77-31-21(82-90(63,64)65)15(39)19(23(80-31)25(41)42)78-28-8(32-84(45,46)47)12(36)11(35)5(73-28)2-70-87(54,55)56/h5-24,27-40H,2-4H2,1H3,(H,41,42)(H,43,44)(H,45,46,47)(H,48,49,50)(H,51,52,53)(H,54,55,56)(H,57,58,59)(H,60,61,62)(H,63,64,65)(H,66,67,68)/t5-,6-,7-,8-,9-,10-,11-,12-,13-,14-,15+,16+,17-,18-,19+,20+,21-,22-,23-,24-,27+,28-,29-,30-,31-/m1/s1. The number of aliphatic hydroxyl groups is 6. The molecule has 5 saturated heterocycles. The van der Waals surface area contributed by atoms with Crippen molar-refractivity contribution in [2.45, 2.75) is 153 Å². The lowest BCUT2D eigenvalue weighted by Gasteiger charge is -2.50. The Hall–Kier alpha value is -2.74. The summed E-state index contributed by atoms with van der Waals surface area (Å²) in [7, 11) is -45.5. The van der Waals surface area contributed by atoms with Gasteiger partial charge in [-0.1, -0.05) is 0 Å². The third kappa shape index (κ3) is 22.9. The van der Waals surface area contributed by atoms with E-state index >= 15 is 0 Å². The van der Waals surface area contributed by atoms with Crippen LogP contribution in [0.3, 0.4) is 0 Å². The molecular formula is C31H53N3O49S8. The minimum absolute atomic E-state index is 0.745. The van der Waals surface area contributed by atoms with Crippen molar-refractivity contribution >= 4 is 94.8 Å². The monoisotopic (exact) mass is 1510 g/mol. The quantitative estimate of drug-likeness (QED) is 0.0297. The van der Waals surface area contributed by atoms with Crippen LogP contribution in [-0.2, 0) is 161 Å². The van der Waals surface area contributed by atoms with Crippen molar-refractivity contribution in [2.24, 2.45) is 0 Å². The van der Waals surface area contributed by atoms with Gasteiger partial charge in [0, 0.05) is 7.11 Å². The van der Waals surface area contributed by atoms with Gasteiger partial charge in [-0.05, 0) is 0 Å². The summed E-state index contributed by atoms with van der Waals surface area (Å²) in [5.74, 6) is -4.91. The molecule has 0 amide bonds. The third-order valence-corrected chi connectivity index (χ3v) is 16.4. The molecule has 0 unspecified atom stereocenters. The summed E-state index contributed by atoms with van der Waals surface area (Å²) < 4.78 is 345. The summed E-state index contributed by atoms with van der Waals surface area (Å²) in [6, 6.07) is -8.02. The summed E-state index contributed by atoms with van der Waals surface area (Å²) >= 11 is 0. The normalized spacial score (nSPS) is 38.6. The summed E-state index contributed by atoms with van der Waals surface area (Å²) in [4.78, 5) is 25.8. The fourth-order valence-electron chi connectivity index (χ4n) is 8.98. The van der Waals surface area contributed by atoms with Crippen molar-refractivity contribution in [1.82, 2.24) is 14.2 Å². The van der Waals surface area contributed by atoms with Crippen molar-refractivity contribution in [3.8, 4) is 0 Å². The smallest absolute Gasteiger partial charge is 0.397 e. The zero-order valence-corrected chi connectivity index (χ0v) is 50.5. The van der Waals surface area contributed by atoms with E-state index in [-0.39, 0.29) is 0 Å². The number of nitrogens with one attached hydrogen (secondary N) is 3. The number of aliphatic hydroxyl groups excluding tert-OH is 6. The molecule has 534 valence electrons. The summed E-state index contributed by atoms with van der Waals surface area (Å²) in [5, 5.41) is 88.5. The molecule has 5 fully saturated rings. The Kier molecular flexibility index (Phi) is 26.0. The van der Waals surface area contributed by atoms with Gasteiger partial charge in [-0.25, -0.2) is 30.5 Å². The zero-order chi connectivity index (χ0) is 69.4. The summed E-state index contributed by atoms with van der Waals surface area (Å²) in [6.07, 6.45) is -63.6. The predicted molar refractivity (Wildman–Crippen MR) is 262 cm³/mol. The van der Waals surface area contributed by atoms with Crippen LogP contribution in [0, 0.1) is 0 Å². The molecular weight excluding hydrogens is 1450 g/mol. The highest BCUT2D eigenvalue weighted by atomic mass is 32.3. The van der Waals surface area contributed by atoms with Crippen LogP contribution in [0.15, 0.2) is 0 Å². The van der Waals surface area contributed by atoms with E-state index in [1.807, 2.05) is 0 Å². The maximum Gasteiger partial charge on any atom is 0.397 e. The van der Waals surface area contributed by atoms with Gasteiger partial charge in [0.25, 0.3) is 0 Å². The molecule has 25 atom stereocenters. The Morgan fingerprint density at radius 1 is 0.352 bits per heavy atom. The second-order valence-corrected chi connectivity index (χ2v) is 27.6. The Morgan fingerprint density at radius 2 is 0.637 bits per heavy atom. The molecule has 5 aliphatic rings. The minimum Gasteiger partial charge on any atom is -0.479 e. The molecule has 91 heavy (non-hydrogen) atoms. The van der Waals surface area contributed by atoms with E-state index in [1.165, 1.54) is 14.2 Å². The van der Waals surface area contributed by atoms with Crippen LogP contribution in [-0.4, -0.2) is 337 Å². The van der Waals surface area contributed by atoms with Gasteiger partial charge in [0.15, 0.2) is 55.9 Å². The maximum absolute atomic E-state index is 13.0. The third-order valence-electron chi connectivity index (χ3n) is 12.4. The average molecular weight is 1510 g/mol. The number of methoxy groups -OCH3 is 1. The van der Waals surface area contributed by atoms with Gasteiger partial charge in [0.2, 0.25) is 0 Å². The SMILES string of the molecule is CO[C@H]1O[C@H](COS(=O)(=O)O)[C@@H](O[C@@H]2O[C@@H](C(=O)O)[C@@H](O[C@H]3O[C@H](COS(=O)(=O)O)[C@@H](O[C@@H]4O[C@@H](C(=O)O)[C@@H](O[C@H]5O[C@H](COS(=O)(=O)O)[C@@H](O)[C@H](O)[C@H]5NS(=O)(=O)O)[C@H](O)[C@H]4OS(=O)(=O)O)[C@H](O)[C@H]3NS(=O)(=O)O)[C@H](O)[C@H]2OS(=O)(=O)O)[C@H](O)[C@H]1NS(=O)(=O)O. The average Bonchev–Trinajstić information content (AvgIpc) is 0.776. The molecule has 0 saturated carbocycles. The van der Waals surface area contributed by atoms with Crippen molar-refractivity contribution < 1.29 is 222 Å². The van der Waals surface area contributed by atoms with Crippen LogP contribution >= 0.6 is 0 Å². The molecule has 60 heteroatoms. The van der Waals surface area contributed by atoms with E-state index in [9.17, 15) is 150 Å². The molecule has 52 nitrogen and oxygen atoms in total. The van der Waals surface area contributed by atoms with E-state index in [1.54, 1.807) is 0 Å². The molecule has 5 heterocycles. The first-order chi connectivity index (χ1) is 41.2. The van der Waals surface area contributed by atoms with Gasteiger partial charge >= 0.3 is 94.8 Å². The lowest BCUT2D eigenvalue weighted by Crippen LogP contribution is -2.71. The molecule has 5 aliphatic heterocycles. The highest BCUT2D eigenvalue weighted by molar-refractivity contribution is 7.84. The summed E-state index contributed by atoms with van der Waals surface area (Å²) in [6.45, 7) is -5.01. The van der Waals surface area contributed by atoms with E-state index < -0.39 is 268 Å². The van der Waals surface area contributed by atoms with Gasteiger partial charge in [-0.3, -0.25) is 36.4 Å². The molecule has 0 aromatic heterocycles. The predicted octanol–water partition coefficient (Wildman–Crippen LogP) is -13.8. The van der Waals surface area contributed by atoms with E-state index in [0.29, 0.717) is 0 Å². The highest BCUT2D eigenvalue weighted by Gasteiger charge is 2.61. The largest absolute Gasteiger partial charge is 0.479 e. The molecule has 0 aliphatic carbocycles. The van der Waals surface area contributed by atoms with Gasteiger partial charge in [0.1, 0.15) is 97.5 Å². The van der Waals surface area contributed by atoms with Gasteiger partial charge in [-0.2, -0.15) is 81.5 Å². The fourth-order valence-corrected chi connectivity index (χ4v) is 12.6. The highest BCUT2D eigenvalue weighted by Crippen LogP contribution is 2.38. The number of aliphatic carboxylic acids is 2. The number of hydrogen-bond acceptors (Lipinski definition) is 39. The molecule has 0 aromatic rings. The number of rotatable bonds is 30. The van der Waals surface area contributed by atoms with E-state index in [0.717, 1.165) is 7.11 Å². The number of carbonyl (C=O) groups is 2. The van der Waals surface area contributed by atoms with Gasteiger partial charge < -0.3 is 88.2 Å². The van der Waals surface area contributed by atoms with Gasteiger partial charge in [0.05, 0.1) is 19.8 Å². The molecule has 0 aromatic carbocycles. The Labute approximate surface area is 509 Å². The van der Waals surface area contributed by atoms with Crippen LogP contribution < -0.4 is 14.2 Å². The van der Waals surface area contributed by atoms with E-state index in [2.05, 4.69) is 20.9 Å². The zero-order valence-electron chi connectivity index (χ0n) is 43.9. The second kappa shape index (κ2) is 29.9. The molecule has 0 radical (unpaired) electrons. The van der Waals surface area contributed by atoms with Crippen LogP contribution in [0.2, 0.25) is 0 Å². The van der Waals surface area contributed by atoms with Crippen molar-refractivity contribution in [3.63, 3.8) is 0 Å². The molecule has 19 N–H and O–H groups in total. The molecule has 5 rings (SSSR count). The first-order valence-electron chi connectivity index (χ1n) is 23.5. The first kappa shape index (κ1) is 79.0. The lowest BCUT2D eigenvalue weighted by atomic mass is 9.94. The Morgan fingerprint density at radius 3 is 0.934 bits per heavy atom. The Bertz CT molecular complexity index is 3480. The number of carboxylic acid groups (broad SMARTS) is 2. The number of ether oxygens (including phenoxy) is 10. The Balaban J connectivity index is 1.58. The number of carboxylic acids is 2. The number of hydrogen-bond donors (Lipinski definition) is 19. The van der Waals surface area contributed by atoms with Crippen LogP contribution in [0.4, 0.5) is 0 Å². The minimum atomic E-state index is -6.17. The van der Waals surface area contributed by atoms with Crippen molar-refractivity contribution in [2.75, 3.05) is 26.9 Å². The van der Waals surface area contributed by atoms with Crippen LogP contribution in [0.5, 0.6) is 0 Å². The first-order valence-corrected chi connectivity index (χ1v) is 34.7. The molecule has 0 spiro atoms. The lowest BCUT2D eigenvalue weighted by molar-refractivity contribution is -0.372. The van der Waals surface area contributed by atoms with Gasteiger partial charge in [-0.15, -0.1) is 0 Å². The maximum atomic E-state index is 13.0. The van der Waals surface area contributed by atoms with Crippen molar-refractivity contribution in [3.05, 3.63) is 0 Å². The van der Waals surface area contributed by atoms with Crippen LogP contribution in [0.25, 0.3) is 0 Å². The fraction of sp³-hybridized carbons (Fsp3) is 0.935. The van der Waals surface area contributed by atoms with Crippen molar-refractivity contribution in [1.29, 1.82) is 0 Å².